The Kier molecular flexibility index (Phi) is 21.5. The Hall–Kier alpha value is -16.1. The largest absolute Gasteiger partial charge is 0.397 e. The molecular weight excluding hydrogens is 1730 g/mol. The van der Waals surface area contributed by atoms with Crippen LogP contribution in [0.2, 0.25) is 0 Å². The fourth-order valence-electron chi connectivity index (χ4n) is 16.3. The van der Waals surface area contributed by atoms with Crippen LogP contribution < -0.4 is 11.1 Å². The summed E-state index contributed by atoms with van der Waals surface area (Å²) in [4.78, 5) is 91.4. The molecule has 1 aliphatic rings. The smallest absolute Gasteiger partial charge is 0.181 e. The number of nitrogen functional groups attached to an aromatic ring is 1. The normalized spacial score (nSPS) is 12.3. The Morgan fingerprint density at radius 2 is 0.756 bits per heavy atom. The van der Waals surface area contributed by atoms with Crippen molar-refractivity contribution in [2.45, 2.75) is 38.8 Å². The van der Waals surface area contributed by atoms with Crippen LogP contribution in [0.1, 0.15) is 36.8 Å². The zero-order valence-electron chi connectivity index (χ0n) is 69.4. The highest BCUT2D eigenvalue weighted by Crippen LogP contribution is 2.41. The fraction of sp³-hybridized carbons (Fsp3) is 0.106. The number of thiophene rings is 4. The molecule has 1 saturated carbocycles. The topological polar surface area (TPSA) is 425 Å². The van der Waals surface area contributed by atoms with Crippen LogP contribution in [0.15, 0.2) is 238 Å². The van der Waals surface area contributed by atoms with Gasteiger partial charge in [-0.3, -0.25) is 60.3 Å². The van der Waals surface area contributed by atoms with Gasteiger partial charge < -0.3 is 35.9 Å². The van der Waals surface area contributed by atoms with Crippen LogP contribution in [0.5, 0.6) is 0 Å². The van der Waals surface area contributed by atoms with Crippen LogP contribution in [0.25, 0.3) is 221 Å². The summed E-state index contributed by atoms with van der Waals surface area (Å²) >= 11 is 5.48. The van der Waals surface area contributed by atoms with E-state index in [0.717, 1.165) is 217 Å². The maximum Gasteiger partial charge on any atom is 0.181 e. The number of aromatic amines is 8. The molecule has 24 aromatic heterocycles. The summed E-state index contributed by atoms with van der Waals surface area (Å²) < 4.78 is 27.1. The number of halogens is 2. The lowest BCUT2D eigenvalue weighted by atomic mass is 10.1. The van der Waals surface area contributed by atoms with Crippen molar-refractivity contribution >= 4 is 139 Å². The number of nitrogens with zero attached hydrogens (tertiary/aromatic N) is 21. The molecule has 0 saturated heterocycles. The van der Waals surface area contributed by atoms with Crippen LogP contribution >= 0.6 is 45.3 Å². The third kappa shape index (κ3) is 16.4. The Labute approximate surface area is 756 Å². The second kappa shape index (κ2) is 34.9. The molecule has 0 amide bonds. The number of anilines is 1. The quantitative estimate of drug-likeness (QED) is 0.0381. The van der Waals surface area contributed by atoms with Gasteiger partial charge in [0.15, 0.2) is 56.1 Å². The van der Waals surface area contributed by atoms with Crippen molar-refractivity contribution in [1.29, 1.82) is 0 Å². The van der Waals surface area contributed by atoms with Crippen LogP contribution in [-0.2, 0) is 13.1 Å². The van der Waals surface area contributed by atoms with Crippen molar-refractivity contribution in [3.63, 3.8) is 0 Å². The summed E-state index contributed by atoms with van der Waals surface area (Å²) in [6.07, 6.45) is 41.2. The average Bonchev–Trinajstić information content (AvgIpc) is 1.63. The first-order valence-electron chi connectivity index (χ1n) is 41.6. The molecule has 0 spiro atoms. The summed E-state index contributed by atoms with van der Waals surface area (Å²) in [5, 5.41) is 40.4. The Morgan fingerprint density at radius 3 is 1.14 bits per heavy atom. The van der Waals surface area contributed by atoms with Gasteiger partial charge in [0, 0.05) is 199 Å². The second-order valence-corrected chi connectivity index (χ2v) is 35.5. The molecule has 0 unspecified atom stereocenters. The third-order valence-corrected chi connectivity index (χ3v) is 26.1. The Morgan fingerprint density at radius 1 is 0.382 bits per heavy atom. The van der Waals surface area contributed by atoms with E-state index in [1.54, 1.807) is 103 Å². The lowest BCUT2D eigenvalue weighted by Crippen LogP contribution is -2.20. The highest BCUT2D eigenvalue weighted by molar-refractivity contribution is 7.14. The second-order valence-electron chi connectivity index (χ2n) is 31.5. The summed E-state index contributed by atoms with van der Waals surface area (Å²) in [7, 11) is 4.09. The van der Waals surface area contributed by atoms with Crippen LogP contribution in [0, 0.1) is 16.2 Å². The maximum absolute atomic E-state index is 13.6. The zero-order valence-corrected chi connectivity index (χ0v) is 72.7. The monoisotopic (exact) mass is 1800 g/mol. The Balaban J connectivity index is 0.000000103. The molecule has 31 nitrogen and oxygen atoms in total. The molecule has 1 aliphatic carbocycles. The third-order valence-electron chi connectivity index (χ3n) is 22.5. The summed E-state index contributed by atoms with van der Waals surface area (Å²) in [5.74, 6) is 3.44. The number of rotatable bonds is 18. The number of H-pyrrole nitrogens is 8. The molecule has 11 N–H and O–H groups in total. The molecule has 0 bridgehead atoms. The number of hydrogen-bond donors (Lipinski definition) is 10. The van der Waals surface area contributed by atoms with E-state index in [-0.39, 0.29) is 10.3 Å². The molecule has 24 heterocycles. The molecule has 131 heavy (non-hydrogen) atoms. The number of nitrogens with two attached hydrogens (primary N) is 1. The van der Waals surface area contributed by atoms with Gasteiger partial charge in [-0.2, -0.15) is 29.2 Å². The predicted molar refractivity (Wildman–Crippen MR) is 509 cm³/mol. The van der Waals surface area contributed by atoms with Crippen molar-refractivity contribution < 1.29 is 8.78 Å². The SMILES string of the molecule is CN(C)Cc1cncc(-c2cnc3n[nH]c(-c4nc5c(-c6cccs6)cncc5[nH]4)c3c2)c1.Fc1ccc(-c2cncc3[nH]c(-c4[nH]nc5ncc(-c6cccnc6)cc45)nc23)s1.Nc1cncc(-c2cnc3n[nH]c(-c4nc5c(-c6ccc(F)s6)cncc5[nH]4)c3c2)c1.c1csc(-c2cncc3[nH]c(-c4[nH]nc5ncc(-c6cncc(CNCC7CCCC7)c6)cc45)nc23)c1. The number of imidazole rings is 4. The number of aromatic nitrogens is 28. The van der Waals surface area contributed by atoms with E-state index < -0.39 is 0 Å². The van der Waals surface area contributed by atoms with Crippen molar-refractivity contribution in [3.8, 4) is 132 Å². The number of fused-ring (bicyclic) bond motifs is 8. The number of pyridine rings is 12. The van der Waals surface area contributed by atoms with Gasteiger partial charge in [-0.25, -0.2) is 39.9 Å². The van der Waals surface area contributed by atoms with Gasteiger partial charge in [-0.15, -0.1) is 45.3 Å². The predicted octanol–water partition coefficient (Wildman–Crippen LogP) is 19.9. The molecule has 0 atom stereocenters. The van der Waals surface area contributed by atoms with Crippen molar-refractivity contribution in [2.75, 3.05) is 26.4 Å². The van der Waals surface area contributed by atoms with Gasteiger partial charge in [0.05, 0.1) is 74.1 Å². The highest BCUT2D eigenvalue weighted by atomic mass is 32.1. The van der Waals surface area contributed by atoms with Gasteiger partial charge in [0.2, 0.25) is 0 Å². The molecule has 0 aromatic carbocycles. The van der Waals surface area contributed by atoms with Crippen molar-refractivity contribution in [1.82, 2.24) is 151 Å². The lowest BCUT2D eigenvalue weighted by molar-refractivity contribution is 0.402. The van der Waals surface area contributed by atoms with Gasteiger partial charge in [-0.1, -0.05) is 31.0 Å². The lowest BCUT2D eigenvalue weighted by Gasteiger charge is -2.11. The molecule has 0 aliphatic heterocycles. The first kappa shape index (κ1) is 80.7. The van der Waals surface area contributed by atoms with E-state index in [4.69, 9.17) is 25.7 Å². The molecule has 640 valence electrons. The van der Waals surface area contributed by atoms with Crippen LogP contribution in [-0.4, -0.2) is 166 Å². The standard InChI is InChI=1S/C28H26N8S.C24H20N8S.C21H13FN8S.C21H12FN7S/c1-2-5-17(4-1)10-29-11-18-8-19(13-30-12-18)20-9-21-26(35-36-27(21)32-14-20)28-33-23-16-31-15-22(25(23)34-28)24-6-3-7-37-24;1-32(2)13-14-6-15(9-25-8-14)16-7-17-22(30-31-23(17)27-10-16)24-28-19-12-26-11-18(21(19)29-24)20-4-3-5-33-20;22-17-2-1-16(31-17)14-8-25-9-15-18(14)28-21(27-15)19-13-4-11(6-26-20(13)30-29-19)10-3-12(23)7-24-5-10;22-17-4-3-16(30-17)14-9-24-10-15-18(14)27-21(26-15)19-13-6-12(8-25-20(13)29-28-19)11-2-1-5-23-7-11/h3,6-9,12-17,29H,1-2,4-5,10-11H2,(H,33,34)(H,32,35,36);3-12H,13H2,1-2H3,(H,28,29)(H,27,30,31);1-9H,23H2,(H,27,28)(H,26,29,30);1-10H,(H,26,27)(H,25,28,29). The number of hydrogen-bond acceptors (Lipinski definition) is 27. The minimum atomic E-state index is -0.253. The molecular formula is C94H71F2N31S4. The zero-order chi connectivity index (χ0) is 88.0. The Bertz CT molecular complexity index is 8280. The summed E-state index contributed by atoms with van der Waals surface area (Å²) in [5.41, 5.74) is 31.9. The van der Waals surface area contributed by atoms with Gasteiger partial charge in [0.1, 0.15) is 44.8 Å². The van der Waals surface area contributed by atoms with E-state index in [0.29, 0.717) is 62.8 Å². The van der Waals surface area contributed by atoms with Crippen molar-refractivity contribution in [3.05, 3.63) is 259 Å². The minimum Gasteiger partial charge on any atom is -0.397 e. The van der Waals surface area contributed by atoms with Gasteiger partial charge in [-0.05, 0) is 146 Å². The van der Waals surface area contributed by atoms with E-state index in [9.17, 15) is 8.78 Å². The number of nitrogens with one attached hydrogen (secondary N) is 9. The van der Waals surface area contributed by atoms with Gasteiger partial charge in [0.25, 0.3) is 0 Å². The minimum absolute atomic E-state index is 0.244. The van der Waals surface area contributed by atoms with E-state index in [2.05, 4.69) is 178 Å². The highest BCUT2D eigenvalue weighted by Gasteiger charge is 2.25. The molecule has 1 fully saturated rings. The average molecular weight is 1800 g/mol. The first-order chi connectivity index (χ1) is 64.4. The van der Waals surface area contributed by atoms with Crippen LogP contribution in [0.3, 0.4) is 0 Å². The van der Waals surface area contributed by atoms with E-state index in [1.807, 2.05) is 112 Å². The molecule has 37 heteroatoms. The molecule has 25 rings (SSSR count). The maximum atomic E-state index is 13.6. The summed E-state index contributed by atoms with van der Waals surface area (Å²) in [6, 6.07) is 32.8. The molecule has 0 radical (unpaired) electrons. The summed E-state index contributed by atoms with van der Waals surface area (Å²) in [6.45, 7) is 2.73. The van der Waals surface area contributed by atoms with Crippen molar-refractivity contribution in [2.24, 2.45) is 5.92 Å². The molecule has 24 aromatic rings. The van der Waals surface area contributed by atoms with E-state index >= 15 is 0 Å². The van der Waals surface area contributed by atoms with Crippen LogP contribution in [0.4, 0.5) is 14.5 Å². The fourth-order valence-corrected chi connectivity index (χ4v) is 19.2. The van der Waals surface area contributed by atoms with Gasteiger partial charge >= 0.3 is 0 Å². The first-order valence-corrected chi connectivity index (χ1v) is 45.0. The van der Waals surface area contributed by atoms with E-state index in [1.165, 1.54) is 43.4 Å².